The first-order valence-electron chi connectivity index (χ1n) is 5.80. The van der Waals surface area contributed by atoms with Crippen LogP contribution in [0, 0.1) is 0 Å². The minimum Gasteiger partial charge on any atom is -0.395 e. The average molecular weight is 291 g/mol. The third-order valence-electron chi connectivity index (χ3n) is 3.11. The zero-order chi connectivity index (χ0) is 13.2. The molecule has 18 heavy (non-hydrogen) atoms. The van der Waals surface area contributed by atoms with E-state index in [1.54, 1.807) is 0 Å². The van der Waals surface area contributed by atoms with Crippen molar-refractivity contribution in [3.8, 4) is 0 Å². The average Bonchev–Trinajstić information content (AvgIpc) is 2.26. The van der Waals surface area contributed by atoms with Gasteiger partial charge in [-0.3, -0.25) is 0 Å². The van der Waals surface area contributed by atoms with Gasteiger partial charge in [0.05, 0.1) is 11.5 Å². The summed E-state index contributed by atoms with van der Waals surface area (Å²) >= 11 is 5.72. The van der Waals surface area contributed by atoms with Crippen LogP contribution in [0.4, 0.5) is 0 Å². The van der Waals surface area contributed by atoms with E-state index in [0.29, 0.717) is 0 Å². The zero-order valence-electron chi connectivity index (χ0n) is 9.79. The standard InChI is InChI=1S/C11H15ClN2O3S/c12-11-8-10(4-5-13-11)18(16,17)14(6-7-15)9-2-1-3-9/h4-5,8-9,15H,1-3,6-7H2. The fraction of sp³-hybridized carbons (Fsp3) is 0.545. The van der Waals surface area contributed by atoms with Crippen molar-refractivity contribution in [2.45, 2.75) is 30.2 Å². The molecule has 2 rings (SSSR count). The molecule has 1 saturated carbocycles. The molecule has 0 amide bonds. The molecule has 7 heteroatoms. The van der Waals surface area contributed by atoms with Crippen LogP contribution < -0.4 is 0 Å². The minimum atomic E-state index is -3.60. The van der Waals surface area contributed by atoms with Crippen LogP contribution >= 0.6 is 11.6 Å². The molecule has 1 aromatic heterocycles. The number of hydrogen-bond donors (Lipinski definition) is 1. The summed E-state index contributed by atoms with van der Waals surface area (Å²) in [6.45, 7) is -0.0680. The molecule has 1 aromatic rings. The van der Waals surface area contributed by atoms with Crippen molar-refractivity contribution in [1.29, 1.82) is 0 Å². The molecule has 0 radical (unpaired) electrons. The van der Waals surface area contributed by atoms with Gasteiger partial charge in [0.25, 0.3) is 0 Å². The Morgan fingerprint density at radius 2 is 2.22 bits per heavy atom. The number of nitrogens with zero attached hydrogens (tertiary/aromatic N) is 2. The fourth-order valence-electron chi connectivity index (χ4n) is 1.95. The van der Waals surface area contributed by atoms with Crippen LogP contribution in [0.15, 0.2) is 23.2 Å². The summed E-state index contributed by atoms with van der Waals surface area (Å²) < 4.78 is 26.2. The molecule has 0 atom stereocenters. The lowest BCUT2D eigenvalue weighted by Crippen LogP contribution is -2.45. The maximum atomic E-state index is 12.4. The van der Waals surface area contributed by atoms with Gasteiger partial charge in [-0.05, 0) is 25.0 Å². The summed E-state index contributed by atoms with van der Waals surface area (Å²) in [5.41, 5.74) is 0. The smallest absolute Gasteiger partial charge is 0.243 e. The van der Waals surface area contributed by atoms with Gasteiger partial charge in [0, 0.05) is 18.8 Å². The van der Waals surface area contributed by atoms with E-state index >= 15 is 0 Å². The Labute approximate surface area is 111 Å². The lowest BCUT2D eigenvalue weighted by molar-refractivity contribution is 0.178. The first-order chi connectivity index (χ1) is 8.55. The van der Waals surface area contributed by atoms with Crippen molar-refractivity contribution in [1.82, 2.24) is 9.29 Å². The highest BCUT2D eigenvalue weighted by Crippen LogP contribution is 2.29. The van der Waals surface area contributed by atoms with Gasteiger partial charge in [0.2, 0.25) is 10.0 Å². The van der Waals surface area contributed by atoms with E-state index in [-0.39, 0.29) is 29.2 Å². The minimum absolute atomic E-state index is 0.00547. The first-order valence-corrected chi connectivity index (χ1v) is 7.62. The second-order valence-electron chi connectivity index (χ2n) is 4.24. The molecule has 1 N–H and O–H groups in total. The van der Waals surface area contributed by atoms with E-state index in [1.165, 1.54) is 22.6 Å². The molecule has 1 aliphatic carbocycles. The van der Waals surface area contributed by atoms with Gasteiger partial charge in [0.15, 0.2) is 0 Å². The number of hydrogen-bond acceptors (Lipinski definition) is 4. The molecule has 0 aliphatic heterocycles. The molecule has 0 spiro atoms. The van der Waals surface area contributed by atoms with Crippen LogP contribution in [0.1, 0.15) is 19.3 Å². The van der Waals surface area contributed by atoms with Crippen molar-refractivity contribution < 1.29 is 13.5 Å². The third-order valence-corrected chi connectivity index (χ3v) is 5.26. The zero-order valence-corrected chi connectivity index (χ0v) is 11.4. The van der Waals surface area contributed by atoms with E-state index in [0.717, 1.165) is 19.3 Å². The maximum Gasteiger partial charge on any atom is 0.243 e. The van der Waals surface area contributed by atoms with E-state index < -0.39 is 10.0 Å². The fourth-order valence-corrected chi connectivity index (χ4v) is 3.88. The third kappa shape index (κ3) is 2.66. The Balaban J connectivity index is 2.32. The number of rotatable bonds is 5. The number of pyridine rings is 1. The molecule has 0 bridgehead atoms. The number of aliphatic hydroxyl groups excluding tert-OH is 1. The van der Waals surface area contributed by atoms with Gasteiger partial charge in [-0.15, -0.1) is 0 Å². The maximum absolute atomic E-state index is 12.4. The molecule has 0 aromatic carbocycles. The highest BCUT2D eigenvalue weighted by molar-refractivity contribution is 7.89. The van der Waals surface area contributed by atoms with E-state index in [1.807, 2.05) is 0 Å². The topological polar surface area (TPSA) is 70.5 Å². The second-order valence-corrected chi connectivity index (χ2v) is 6.52. The molecule has 100 valence electrons. The van der Waals surface area contributed by atoms with Crippen LogP contribution in [0.5, 0.6) is 0 Å². The highest BCUT2D eigenvalue weighted by Gasteiger charge is 2.34. The predicted octanol–water partition coefficient (Wildman–Crippen LogP) is 1.27. The summed E-state index contributed by atoms with van der Waals surface area (Å²) in [5, 5.41) is 9.17. The molecule has 1 aliphatic rings. The van der Waals surface area contributed by atoms with E-state index in [9.17, 15) is 8.42 Å². The van der Waals surface area contributed by atoms with Gasteiger partial charge >= 0.3 is 0 Å². The van der Waals surface area contributed by atoms with Crippen molar-refractivity contribution in [3.05, 3.63) is 23.5 Å². The molecule has 0 saturated heterocycles. The Kier molecular flexibility index (Phi) is 4.21. The van der Waals surface area contributed by atoms with Crippen LogP contribution in [0.25, 0.3) is 0 Å². The first kappa shape index (κ1) is 13.7. The number of aromatic nitrogens is 1. The van der Waals surface area contributed by atoms with Gasteiger partial charge < -0.3 is 5.11 Å². The lowest BCUT2D eigenvalue weighted by Gasteiger charge is -2.36. The van der Waals surface area contributed by atoms with Crippen LogP contribution in [0.3, 0.4) is 0 Å². The van der Waals surface area contributed by atoms with Crippen molar-refractivity contribution in [2.24, 2.45) is 0 Å². The predicted molar refractivity (Wildman–Crippen MR) is 67.9 cm³/mol. The number of sulfonamides is 1. The van der Waals surface area contributed by atoms with Crippen molar-refractivity contribution in [3.63, 3.8) is 0 Å². The molecule has 1 fully saturated rings. The number of aliphatic hydroxyl groups is 1. The van der Waals surface area contributed by atoms with E-state index in [4.69, 9.17) is 16.7 Å². The molecular weight excluding hydrogens is 276 g/mol. The summed E-state index contributed by atoms with van der Waals surface area (Å²) in [6, 6.07) is 2.75. The Morgan fingerprint density at radius 3 is 2.72 bits per heavy atom. The Hall–Kier alpha value is -0.690. The quantitative estimate of drug-likeness (QED) is 0.829. The summed E-state index contributed by atoms with van der Waals surface area (Å²) in [6.07, 6.45) is 4.09. The van der Waals surface area contributed by atoms with Gasteiger partial charge in [0.1, 0.15) is 5.15 Å². The van der Waals surface area contributed by atoms with Crippen LogP contribution in [-0.4, -0.2) is 42.0 Å². The largest absolute Gasteiger partial charge is 0.395 e. The van der Waals surface area contributed by atoms with Gasteiger partial charge in [-0.2, -0.15) is 4.31 Å². The Bertz CT molecular complexity index is 517. The highest BCUT2D eigenvalue weighted by atomic mass is 35.5. The monoisotopic (exact) mass is 290 g/mol. The summed E-state index contributed by atoms with van der Waals surface area (Å²) in [5.74, 6) is 0. The lowest BCUT2D eigenvalue weighted by atomic mass is 9.93. The SMILES string of the molecule is O=S(=O)(c1ccnc(Cl)c1)N(CCO)C1CCC1. The molecular formula is C11H15ClN2O3S. The molecule has 1 heterocycles. The van der Waals surface area contributed by atoms with E-state index in [2.05, 4.69) is 4.98 Å². The molecule has 5 nitrogen and oxygen atoms in total. The van der Waals surface area contributed by atoms with Crippen molar-refractivity contribution >= 4 is 21.6 Å². The number of halogens is 1. The Morgan fingerprint density at radius 1 is 1.50 bits per heavy atom. The summed E-state index contributed by atoms with van der Waals surface area (Å²) in [4.78, 5) is 3.90. The normalized spacial score (nSPS) is 16.8. The summed E-state index contributed by atoms with van der Waals surface area (Å²) in [7, 11) is -3.60. The van der Waals surface area contributed by atoms with Crippen LogP contribution in [0.2, 0.25) is 5.15 Å². The second kappa shape index (κ2) is 5.52. The molecule has 0 unspecified atom stereocenters. The van der Waals surface area contributed by atoms with Gasteiger partial charge in [-0.1, -0.05) is 18.0 Å². The van der Waals surface area contributed by atoms with Crippen molar-refractivity contribution in [2.75, 3.05) is 13.2 Å². The van der Waals surface area contributed by atoms with Crippen LogP contribution in [-0.2, 0) is 10.0 Å². The van der Waals surface area contributed by atoms with Gasteiger partial charge in [-0.25, -0.2) is 13.4 Å².